The van der Waals surface area contributed by atoms with Gasteiger partial charge in [-0.15, -0.1) is 0 Å². The van der Waals surface area contributed by atoms with Gasteiger partial charge in [-0.3, -0.25) is 4.79 Å². The molecule has 166 valence electrons. The highest BCUT2D eigenvalue weighted by Crippen LogP contribution is 2.24. The van der Waals surface area contributed by atoms with Crippen molar-refractivity contribution < 1.29 is 19.2 Å². The van der Waals surface area contributed by atoms with Crippen molar-refractivity contribution in [1.82, 2.24) is 5.32 Å². The van der Waals surface area contributed by atoms with Crippen LogP contribution in [0.2, 0.25) is 0 Å². The molecule has 0 saturated heterocycles. The van der Waals surface area contributed by atoms with Gasteiger partial charge < -0.3 is 19.7 Å². The maximum atomic E-state index is 12.3. The molecule has 0 radical (unpaired) electrons. The van der Waals surface area contributed by atoms with Gasteiger partial charge in [-0.05, 0) is 52.3 Å². The molecule has 0 fully saturated rings. The van der Waals surface area contributed by atoms with Crippen molar-refractivity contribution in [3.63, 3.8) is 0 Å². The Morgan fingerprint density at radius 3 is 2.35 bits per heavy atom. The minimum absolute atomic E-state index is 0.168. The van der Waals surface area contributed by atoms with Gasteiger partial charge in [0.05, 0.1) is 5.71 Å². The molecular formula is C24H31N3O4. The van der Waals surface area contributed by atoms with Crippen molar-refractivity contribution >= 4 is 17.3 Å². The van der Waals surface area contributed by atoms with Crippen molar-refractivity contribution in [3.8, 4) is 5.75 Å². The van der Waals surface area contributed by atoms with E-state index < -0.39 is 0 Å². The van der Waals surface area contributed by atoms with Crippen molar-refractivity contribution in [2.75, 3.05) is 14.2 Å². The van der Waals surface area contributed by atoms with E-state index >= 15 is 0 Å². The molecule has 0 atom stereocenters. The lowest BCUT2D eigenvalue weighted by molar-refractivity contribution is -0.114. The van der Waals surface area contributed by atoms with Gasteiger partial charge in [0.2, 0.25) is 0 Å². The minimum atomic E-state index is -0.346. The molecule has 0 bridgehead atoms. The summed E-state index contributed by atoms with van der Waals surface area (Å²) in [5.74, 6) is 0.396. The van der Waals surface area contributed by atoms with E-state index in [1.807, 2.05) is 77.1 Å². The first kappa shape index (κ1) is 23.9. The van der Waals surface area contributed by atoms with E-state index in [0.29, 0.717) is 11.3 Å². The summed E-state index contributed by atoms with van der Waals surface area (Å²) in [6, 6.07) is 13.3. The molecule has 0 aromatic heterocycles. The summed E-state index contributed by atoms with van der Waals surface area (Å²) >= 11 is 0. The van der Waals surface area contributed by atoms with Gasteiger partial charge in [0.15, 0.2) is 5.71 Å². The molecule has 0 heterocycles. The standard InChI is InChI=1S/C24H31N3O4/c1-16-11-10-13-19(22(27-29-7)23(28)25-6)20(16)15-30-26-17(2)18-12-8-9-14-21(18)31-24(3,4)5/h8-14H,15H2,1-7H3,(H,25,28)/b26-17+,27-22+. The third-order valence-electron chi connectivity index (χ3n) is 4.39. The van der Waals surface area contributed by atoms with Crippen LogP contribution in [0.1, 0.15) is 49.9 Å². The molecule has 0 saturated carbocycles. The lowest BCUT2D eigenvalue weighted by Crippen LogP contribution is -2.29. The van der Waals surface area contributed by atoms with E-state index in [9.17, 15) is 4.79 Å². The van der Waals surface area contributed by atoms with Gasteiger partial charge >= 0.3 is 0 Å². The van der Waals surface area contributed by atoms with Crippen molar-refractivity contribution in [1.29, 1.82) is 0 Å². The number of ether oxygens (including phenoxy) is 1. The van der Waals surface area contributed by atoms with Crippen LogP contribution in [-0.4, -0.2) is 37.1 Å². The zero-order valence-corrected chi connectivity index (χ0v) is 19.3. The van der Waals surface area contributed by atoms with Crippen molar-refractivity contribution in [2.45, 2.75) is 46.8 Å². The van der Waals surface area contributed by atoms with Crippen molar-refractivity contribution in [3.05, 3.63) is 64.7 Å². The quantitative estimate of drug-likeness (QED) is 0.507. The zero-order chi connectivity index (χ0) is 23.0. The number of hydrogen-bond donors (Lipinski definition) is 1. The molecule has 0 aliphatic heterocycles. The number of nitrogens with one attached hydrogen (secondary N) is 1. The summed E-state index contributed by atoms with van der Waals surface area (Å²) < 4.78 is 6.04. The Hall–Kier alpha value is -3.35. The van der Waals surface area contributed by atoms with E-state index in [-0.39, 0.29) is 23.8 Å². The van der Waals surface area contributed by atoms with E-state index in [4.69, 9.17) is 14.4 Å². The Morgan fingerprint density at radius 1 is 1.03 bits per heavy atom. The number of rotatable bonds is 8. The number of para-hydroxylation sites is 1. The average Bonchev–Trinajstić information content (AvgIpc) is 2.72. The van der Waals surface area contributed by atoms with Crippen LogP contribution in [0.15, 0.2) is 52.8 Å². The summed E-state index contributed by atoms with van der Waals surface area (Å²) in [6.07, 6.45) is 0. The molecule has 0 aliphatic rings. The largest absolute Gasteiger partial charge is 0.487 e. The monoisotopic (exact) mass is 425 g/mol. The minimum Gasteiger partial charge on any atom is -0.487 e. The molecule has 0 spiro atoms. The number of carbonyl (C=O) groups excluding carboxylic acids is 1. The summed E-state index contributed by atoms with van der Waals surface area (Å²) in [5.41, 5.74) is 3.78. The van der Waals surface area contributed by atoms with Crippen LogP contribution < -0.4 is 10.1 Å². The third-order valence-corrected chi connectivity index (χ3v) is 4.39. The SMILES string of the molecule is CNC(=O)/C(=N/OC)c1cccc(C)c1CO/N=C(\C)c1ccccc1OC(C)(C)C. The smallest absolute Gasteiger partial charge is 0.273 e. The predicted molar refractivity (Wildman–Crippen MR) is 123 cm³/mol. The number of nitrogens with zero attached hydrogens (tertiary/aromatic N) is 2. The summed E-state index contributed by atoms with van der Waals surface area (Å²) in [7, 11) is 2.95. The maximum absolute atomic E-state index is 12.3. The van der Waals surface area contributed by atoms with Crippen LogP contribution in [-0.2, 0) is 21.1 Å². The fourth-order valence-corrected chi connectivity index (χ4v) is 2.97. The molecule has 2 aromatic rings. The number of aryl methyl sites for hydroxylation is 1. The molecule has 31 heavy (non-hydrogen) atoms. The molecule has 0 aliphatic carbocycles. The van der Waals surface area contributed by atoms with Crippen LogP contribution in [0.4, 0.5) is 0 Å². The number of carbonyl (C=O) groups is 1. The Balaban J connectivity index is 2.30. The number of hydrogen-bond acceptors (Lipinski definition) is 6. The highest BCUT2D eigenvalue weighted by molar-refractivity contribution is 6.45. The Kier molecular flexibility index (Phi) is 8.19. The van der Waals surface area contributed by atoms with Gasteiger partial charge in [-0.25, -0.2) is 0 Å². The molecule has 1 N–H and O–H groups in total. The van der Waals surface area contributed by atoms with Crippen molar-refractivity contribution in [2.24, 2.45) is 10.3 Å². The second-order valence-electron chi connectivity index (χ2n) is 7.96. The van der Waals surface area contributed by atoms with Crippen LogP contribution in [0.25, 0.3) is 0 Å². The fraction of sp³-hybridized carbons (Fsp3) is 0.375. The van der Waals surface area contributed by atoms with Gasteiger partial charge in [0.1, 0.15) is 25.1 Å². The normalized spacial score (nSPS) is 12.4. The highest BCUT2D eigenvalue weighted by Gasteiger charge is 2.19. The number of benzene rings is 2. The van der Waals surface area contributed by atoms with Crippen LogP contribution in [0.3, 0.4) is 0 Å². The second kappa shape index (κ2) is 10.6. The number of amides is 1. The van der Waals surface area contributed by atoms with E-state index in [1.165, 1.54) is 7.11 Å². The van der Waals surface area contributed by atoms with E-state index in [1.54, 1.807) is 7.05 Å². The molecule has 2 rings (SSSR count). The highest BCUT2D eigenvalue weighted by atomic mass is 16.6. The molecule has 0 unspecified atom stereocenters. The van der Waals surface area contributed by atoms with Crippen LogP contribution >= 0.6 is 0 Å². The number of likely N-dealkylation sites (N-methyl/N-ethyl adjacent to an activating group) is 1. The second-order valence-corrected chi connectivity index (χ2v) is 7.96. The van der Waals surface area contributed by atoms with Gasteiger partial charge in [0, 0.05) is 23.7 Å². The Morgan fingerprint density at radius 2 is 1.71 bits per heavy atom. The lowest BCUT2D eigenvalue weighted by atomic mass is 9.98. The third kappa shape index (κ3) is 6.57. The first-order chi connectivity index (χ1) is 14.7. The zero-order valence-electron chi connectivity index (χ0n) is 19.3. The summed E-state index contributed by atoms with van der Waals surface area (Å²) in [6.45, 7) is 9.97. The molecule has 2 aromatic carbocycles. The molecule has 7 heteroatoms. The molecule has 1 amide bonds. The van der Waals surface area contributed by atoms with E-state index in [0.717, 1.165) is 22.4 Å². The molecular weight excluding hydrogens is 394 g/mol. The van der Waals surface area contributed by atoms with Gasteiger partial charge in [-0.1, -0.05) is 40.6 Å². The Labute approximate surface area is 184 Å². The lowest BCUT2D eigenvalue weighted by Gasteiger charge is -2.23. The topological polar surface area (TPSA) is 81.5 Å². The predicted octanol–water partition coefficient (Wildman–Crippen LogP) is 4.21. The Bertz CT molecular complexity index is 975. The van der Waals surface area contributed by atoms with Gasteiger partial charge in [-0.2, -0.15) is 0 Å². The van der Waals surface area contributed by atoms with Crippen LogP contribution in [0, 0.1) is 6.92 Å². The van der Waals surface area contributed by atoms with Crippen LogP contribution in [0.5, 0.6) is 5.75 Å². The van der Waals surface area contributed by atoms with E-state index in [2.05, 4.69) is 15.6 Å². The fourth-order valence-electron chi connectivity index (χ4n) is 2.97. The average molecular weight is 426 g/mol. The summed E-state index contributed by atoms with van der Waals surface area (Å²) in [5, 5.41) is 10.8. The summed E-state index contributed by atoms with van der Waals surface area (Å²) in [4.78, 5) is 22.8. The number of oxime groups is 2. The maximum Gasteiger partial charge on any atom is 0.273 e. The van der Waals surface area contributed by atoms with Gasteiger partial charge in [0.25, 0.3) is 5.91 Å². The first-order valence-electron chi connectivity index (χ1n) is 10.0. The first-order valence-corrected chi connectivity index (χ1v) is 10.0. The molecule has 7 nitrogen and oxygen atoms in total.